The molecule has 0 saturated carbocycles. The van der Waals surface area contributed by atoms with Gasteiger partial charge in [0.15, 0.2) is 5.69 Å². The molecule has 0 aliphatic carbocycles. The number of aliphatic hydroxyl groups excluding tert-OH is 1. The minimum Gasteiger partial charge on any atom is -0.391 e. The molecule has 4 saturated heterocycles. The van der Waals surface area contributed by atoms with Crippen molar-refractivity contribution in [1.82, 2.24) is 4.98 Å². The smallest absolute Gasteiger partial charge is 0.257 e. The van der Waals surface area contributed by atoms with Crippen LogP contribution in [0.25, 0.3) is 0 Å². The predicted octanol–water partition coefficient (Wildman–Crippen LogP) is -1.74. The maximum Gasteiger partial charge on any atom is 0.257 e. The van der Waals surface area contributed by atoms with Crippen LogP contribution in [0.1, 0.15) is 25.7 Å². The highest BCUT2D eigenvalue weighted by atomic mass is 16.3. The van der Waals surface area contributed by atoms with Crippen LogP contribution in [0.4, 0.5) is 0 Å². The molecule has 4 aliphatic heterocycles. The summed E-state index contributed by atoms with van der Waals surface area (Å²) in [7, 11) is 0. The Morgan fingerprint density at radius 1 is 1.11 bits per heavy atom. The van der Waals surface area contributed by atoms with Gasteiger partial charge in [0.1, 0.15) is 0 Å². The molecular weight excluding hydrogens is 238 g/mol. The second kappa shape index (κ2) is 3.57. The number of aliphatic hydroxyl groups is 1. The molecule has 4 bridgehead atoms. The third kappa shape index (κ3) is 1.48. The molecule has 0 radical (unpaired) electrons. The average molecular weight is 261 g/mol. The van der Waals surface area contributed by atoms with Crippen LogP contribution in [0.3, 0.4) is 0 Å². The van der Waals surface area contributed by atoms with Gasteiger partial charge in [-0.3, -0.25) is 9.80 Å². The molecule has 4 heteroatoms. The minimum atomic E-state index is -0.141. The summed E-state index contributed by atoms with van der Waals surface area (Å²) >= 11 is 0. The van der Waals surface area contributed by atoms with Crippen LogP contribution < -0.4 is 9.80 Å². The third-order valence-electron chi connectivity index (χ3n) is 5.64. The number of nitrogens with zero attached hydrogens (tertiary/aromatic N) is 1. The molecular formula is C15H23N3O+2. The minimum absolute atomic E-state index is 0.0845. The first-order valence-corrected chi connectivity index (χ1v) is 7.30. The fourth-order valence-electron chi connectivity index (χ4n) is 5.21. The second-order valence-corrected chi connectivity index (χ2v) is 7.42. The maximum absolute atomic E-state index is 10.7. The normalized spacial score (nSPS) is 51.5. The average Bonchev–Trinajstić information content (AvgIpc) is 2.36. The lowest BCUT2D eigenvalue weighted by Crippen LogP contribution is -3.41. The number of nitrogens with one attached hydrogen (secondary N) is 2. The van der Waals surface area contributed by atoms with Gasteiger partial charge in [-0.05, 0) is 26.0 Å². The van der Waals surface area contributed by atoms with Crippen molar-refractivity contribution in [1.29, 1.82) is 0 Å². The zero-order valence-electron chi connectivity index (χ0n) is 11.7. The van der Waals surface area contributed by atoms with E-state index in [2.05, 4.69) is 31.0 Å². The molecule has 5 heterocycles. The molecule has 4 nitrogen and oxygen atoms in total. The van der Waals surface area contributed by atoms with E-state index in [9.17, 15) is 5.11 Å². The van der Waals surface area contributed by atoms with Crippen molar-refractivity contribution in [3.63, 3.8) is 0 Å². The molecule has 0 atom stereocenters. The van der Waals surface area contributed by atoms with E-state index in [-0.39, 0.29) is 16.9 Å². The number of rotatable bonds is 1. The molecule has 4 aliphatic rings. The molecule has 0 unspecified atom stereocenters. The third-order valence-corrected chi connectivity index (χ3v) is 5.64. The number of hydrogen-bond acceptors (Lipinski definition) is 2. The lowest BCUT2D eigenvalue weighted by molar-refractivity contribution is -1.19. The molecule has 0 spiro atoms. The van der Waals surface area contributed by atoms with Crippen LogP contribution >= 0.6 is 0 Å². The second-order valence-electron chi connectivity index (χ2n) is 7.42. The standard InChI is InChI=1S/C15H21N3O/c1-14-7-17-9-15(2,13(14)19)10-18(8-14)12(17)11-5-3-4-6-16-11/h3-6,12-13,19H,7-10H2,1-2H3/p+2. The molecule has 102 valence electrons. The Morgan fingerprint density at radius 3 is 2.16 bits per heavy atom. The summed E-state index contributed by atoms with van der Waals surface area (Å²) < 4.78 is 0. The Labute approximate surface area is 114 Å². The van der Waals surface area contributed by atoms with Crippen LogP contribution in [-0.4, -0.2) is 42.4 Å². The SMILES string of the molecule is CC12C[NH+]3CC(C)(C[NH+](C1)C3c1ccccn1)C2O. The Hall–Kier alpha value is -0.970. The van der Waals surface area contributed by atoms with E-state index in [1.54, 1.807) is 9.80 Å². The zero-order valence-corrected chi connectivity index (χ0v) is 11.7. The Bertz CT molecular complexity index is 465. The van der Waals surface area contributed by atoms with Crippen LogP contribution in [0.5, 0.6) is 0 Å². The largest absolute Gasteiger partial charge is 0.391 e. The van der Waals surface area contributed by atoms with Gasteiger partial charge in [-0.2, -0.15) is 0 Å². The van der Waals surface area contributed by atoms with Gasteiger partial charge in [0.25, 0.3) is 6.17 Å². The summed E-state index contributed by atoms with van der Waals surface area (Å²) in [6.45, 7) is 8.84. The maximum atomic E-state index is 10.7. The Kier molecular flexibility index (Phi) is 2.22. The lowest BCUT2D eigenvalue weighted by Gasteiger charge is -2.62. The summed E-state index contributed by atoms with van der Waals surface area (Å²) in [6, 6.07) is 6.24. The number of aromatic nitrogens is 1. The van der Waals surface area contributed by atoms with Crippen molar-refractivity contribution < 1.29 is 14.9 Å². The van der Waals surface area contributed by atoms with Crippen molar-refractivity contribution >= 4 is 0 Å². The van der Waals surface area contributed by atoms with Gasteiger partial charge in [0, 0.05) is 6.20 Å². The number of pyridine rings is 1. The molecule has 0 aromatic carbocycles. The summed E-state index contributed by atoms with van der Waals surface area (Å²) in [5.74, 6) is 0. The van der Waals surface area contributed by atoms with Crippen LogP contribution in [-0.2, 0) is 0 Å². The first kappa shape index (κ1) is 11.8. The predicted molar refractivity (Wildman–Crippen MR) is 70.6 cm³/mol. The summed E-state index contributed by atoms with van der Waals surface area (Å²) in [5, 5.41) is 10.7. The van der Waals surface area contributed by atoms with Crippen molar-refractivity contribution in [2.45, 2.75) is 26.1 Å². The Balaban J connectivity index is 1.74. The molecule has 1 aromatic rings. The fourth-order valence-corrected chi connectivity index (χ4v) is 5.21. The van der Waals surface area contributed by atoms with E-state index < -0.39 is 0 Å². The van der Waals surface area contributed by atoms with E-state index in [4.69, 9.17) is 0 Å². The van der Waals surface area contributed by atoms with Gasteiger partial charge in [-0.25, -0.2) is 4.98 Å². The van der Waals surface area contributed by atoms with E-state index in [0.29, 0.717) is 6.17 Å². The van der Waals surface area contributed by atoms with Gasteiger partial charge < -0.3 is 5.11 Å². The van der Waals surface area contributed by atoms with Gasteiger partial charge in [0.05, 0.1) is 43.1 Å². The van der Waals surface area contributed by atoms with Crippen molar-refractivity contribution in [3.8, 4) is 0 Å². The first-order chi connectivity index (χ1) is 9.02. The van der Waals surface area contributed by atoms with Crippen molar-refractivity contribution in [2.24, 2.45) is 10.8 Å². The van der Waals surface area contributed by atoms with Gasteiger partial charge >= 0.3 is 0 Å². The number of piperidine rings is 2. The molecule has 0 amide bonds. The quantitative estimate of drug-likeness (QED) is 0.562. The highest BCUT2D eigenvalue weighted by molar-refractivity contribution is 5.08. The zero-order chi connectivity index (χ0) is 13.3. The summed E-state index contributed by atoms with van der Waals surface area (Å²) in [5.41, 5.74) is 1.38. The van der Waals surface area contributed by atoms with Crippen molar-refractivity contribution in [3.05, 3.63) is 30.1 Å². The highest BCUT2D eigenvalue weighted by Gasteiger charge is 2.68. The number of quaternary nitrogens is 2. The molecule has 5 rings (SSSR count). The highest BCUT2D eigenvalue weighted by Crippen LogP contribution is 2.39. The molecule has 3 N–H and O–H groups in total. The lowest BCUT2D eigenvalue weighted by atomic mass is 9.60. The summed E-state index contributed by atoms with van der Waals surface area (Å²) in [4.78, 5) is 7.81. The Morgan fingerprint density at radius 2 is 1.68 bits per heavy atom. The van der Waals surface area contributed by atoms with Gasteiger partial charge in [-0.15, -0.1) is 0 Å². The van der Waals surface area contributed by atoms with E-state index in [1.807, 2.05) is 12.3 Å². The fraction of sp³-hybridized carbons (Fsp3) is 0.667. The van der Waals surface area contributed by atoms with E-state index >= 15 is 0 Å². The van der Waals surface area contributed by atoms with Gasteiger partial charge in [-0.1, -0.05) is 6.07 Å². The van der Waals surface area contributed by atoms with Crippen LogP contribution in [0, 0.1) is 10.8 Å². The van der Waals surface area contributed by atoms with E-state index in [1.165, 1.54) is 5.69 Å². The molecule has 1 aromatic heterocycles. The van der Waals surface area contributed by atoms with Gasteiger partial charge in [0.2, 0.25) is 0 Å². The van der Waals surface area contributed by atoms with Crippen LogP contribution in [0.2, 0.25) is 0 Å². The monoisotopic (exact) mass is 261 g/mol. The topological polar surface area (TPSA) is 42.0 Å². The summed E-state index contributed by atoms with van der Waals surface area (Å²) in [6.07, 6.45) is 2.23. The molecule has 4 fully saturated rings. The first-order valence-electron chi connectivity index (χ1n) is 7.30. The van der Waals surface area contributed by atoms with E-state index in [0.717, 1.165) is 26.2 Å². The molecule has 19 heavy (non-hydrogen) atoms. The van der Waals surface area contributed by atoms with Crippen LogP contribution in [0.15, 0.2) is 24.4 Å². The van der Waals surface area contributed by atoms with Crippen molar-refractivity contribution in [2.75, 3.05) is 26.2 Å². The number of hydrogen-bond donors (Lipinski definition) is 3.